The second kappa shape index (κ2) is 7.12. The molecule has 2 rings (SSSR count). The van der Waals surface area contributed by atoms with Crippen molar-refractivity contribution in [3.05, 3.63) is 52.7 Å². The van der Waals surface area contributed by atoms with Crippen LogP contribution in [0.1, 0.15) is 11.1 Å². The lowest BCUT2D eigenvalue weighted by Gasteiger charge is -2.13. The maximum absolute atomic E-state index is 12.3. The summed E-state index contributed by atoms with van der Waals surface area (Å²) in [7, 11) is 1.43. The first-order chi connectivity index (χ1) is 10.4. The molecule has 0 aliphatic rings. The Balaban J connectivity index is 2.80. The van der Waals surface area contributed by atoms with Crippen molar-refractivity contribution in [2.75, 3.05) is 7.11 Å². The van der Waals surface area contributed by atoms with Gasteiger partial charge in [-0.1, -0.05) is 28.4 Å². The fraction of sp³-hybridized carbons (Fsp3) is 0.154. The van der Waals surface area contributed by atoms with Gasteiger partial charge in [0.1, 0.15) is 7.11 Å². The molecule has 0 radical (unpaired) electrons. The standard InChI is InChI=1S/C13H9Br2Cl2N3O2/c1-6-3-9(12(17)7(11(6)15)5-18-22-2)20-13(21)8(14)4-10(16)19-20/h3-5H,1-2H3. The molecule has 0 spiro atoms. The average Bonchev–Trinajstić information content (AvgIpc) is 2.47. The summed E-state index contributed by atoms with van der Waals surface area (Å²) in [6.07, 6.45) is 1.45. The largest absolute Gasteiger partial charge is 0.399 e. The highest BCUT2D eigenvalue weighted by atomic mass is 79.9. The minimum absolute atomic E-state index is 0.162. The van der Waals surface area contributed by atoms with Gasteiger partial charge in [-0.15, -0.1) is 0 Å². The molecule has 0 bridgehead atoms. The molecule has 0 unspecified atom stereocenters. The first-order valence-corrected chi connectivity index (χ1v) is 8.22. The van der Waals surface area contributed by atoms with E-state index in [0.29, 0.717) is 16.3 Å². The molecular weight excluding hydrogens is 461 g/mol. The molecule has 0 fully saturated rings. The number of aryl methyl sites for hydroxylation is 1. The van der Waals surface area contributed by atoms with Gasteiger partial charge in [-0.3, -0.25) is 4.79 Å². The molecule has 1 heterocycles. The third-order valence-electron chi connectivity index (χ3n) is 2.75. The molecule has 0 saturated carbocycles. The van der Waals surface area contributed by atoms with Crippen LogP contribution in [-0.2, 0) is 4.84 Å². The van der Waals surface area contributed by atoms with Crippen LogP contribution < -0.4 is 5.56 Å². The number of aromatic nitrogens is 2. The molecule has 22 heavy (non-hydrogen) atoms. The molecule has 0 saturated heterocycles. The zero-order chi connectivity index (χ0) is 16.4. The fourth-order valence-corrected chi connectivity index (χ4v) is 3.26. The smallest absolute Gasteiger partial charge is 0.285 e. The van der Waals surface area contributed by atoms with Gasteiger partial charge in [0.2, 0.25) is 0 Å². The Morgan fingerprint density at radius 1 is 1.36 bits per heavy atom. The van der Waals surface area contributed by atoms with E-state index in [1.54, 1.807) is 6.07 Å². The summed E-state index contributed by atoms with van der Waals surface area (Å²) in [4.78, 5) is 16.9. The van der Waals surface area contributed by atoms with Crippen molar-refractivity contribution in [2.45, 2.75) is 6.92 Å². The Morgan fingerprint density at radius 3 is 2.68 bits per heavy atom. The zero-order valence-corrected chi connectivity index (χ0v) is 16.1. The van der Waals surface area contributed by atoms with Gasteiger partial charge >= 0.3 is 0 Å². The third kappa shape index (κ3) is 3.37. The second-order valence-corrected chi connectivity index (χ2v) is 6.62. The molecule has 0 atom stereocenters. The molecule has 0 amide bonds. The Kier molecular flexibility index (Phi) is 5.65. The van der Waals surface area contributed by atoms with Crippen LogP contribution in [0, 0.1) is 6.92 Å². The van der Waals surface area contributed by atoms with Crippen molar-refractivity contribution in [3.8, 4) is 5.69 Å². The van der Waals surface area contributed by atoms with Crippen molar-refractivity contribution < 1.29 is 4.84 Å². The van der Waals surface area contributed by atoms with E-state index in [1.807, 2.05) is 6.92 Å². The van der Waals surface area contributed by atoms with E-state index in [1.165, 1.54) is 19.4 Å². The number of oxime groups is 1. The normalized spacial score (nSPS) is 11.2. The van der Waals surface area contributed by atoms with E-state index in [0.717, 1.165) is 14.7 Å². The van der Waals surface area contributed by atoms with Crippen LogP contribution in [0.25, 0.3) is 5.69 Å². The van der Waals surface area contributed by atoms with Crippen molar-refractivity contribution in [2.24, 2.45) is 5.16 Å². The number of rotatable bonds is 3. The lowest BCUT2D eigenvalue weighted by atomic mass is 10.1. The first-order valence-electron chi connectivity index (χ1n) is 5.87. The highest BCUT2D eigenvalue weighted by molar-refractivity contribution is 9.10. The van der Waals surface area contributed by atoms with Gasteiger partial charge in [-0.2, -0.15) is 9.78 Å². The topological polar surface area (TPSA) is 56.5 Å². The Bertz CT molecular complexity index is 822. The van der Waals surface area contributed by atoms with Crippen LogP contribution in [0.5, 0.6) is 0 Å². The zero-order valence-electron chi connectivity index (χ0n) is 11.4. The molecule has 1 aromatic carbocycles. The summed E-state index contributed by atoms with van der Waals surface area (Å²) in [5, 5.41) is 8.19. The van der Waals surface area contributed by atoms with Crippen LogP contribution in [0.4, 0.5) is 0 Å². The van der Waals surface area contributed by atoms with E-state index in [-0.39, 0.29) is 15.2 Å². The van der Waals surface area contributed by atoms with Crippen molar-refractivity contribution in [1.29, 1.82) is 0 Å². The van der Waals surface area contributed by atoms with Gasteiger partial charge in [0.15, 0.2) is 5.15 Å². The van der Waals surface area contributed by atoms with Crippen molar-refractivity contribution >= 4 is 61.3 Å². The van der Waals surface area contributed by atoms with Gasteiger partial charge in [-0.05, 0) is 56.5 Å². The summed E-state index contributed by atoms with van der Waals surface area (Å²) in [5.41, 5.74) is 1.45. The van der Waals surface area contributed by atoms with E-state index >= 15 is 0 Å². The lowest BCUT2D eigenvalue weighted by Crippen LogP contribution is -2.22. The SMILES string of the molecule is CON=Cc1c(Cl)c(-n2nc(Cl)cc(Br)c2=O)cc(C)c1Br. The van der Waals surface area contributed by atoms with Gasteiger partial charge in [0.25, 0.3) is 5.56 Å². The summed E-state index contributed by atoms with van der Waals surface area (Å²) < 4.78 is 2.17. The highest BCUT2D eigenvalue weighted by Gasteiger charge is 2.17. The van der Waals surface area contributed by atoms with Crippen molar-refractivity contribution in [1.82, 2.24) is 9.78 Å². The van der Waals surface area contributed by atoms with Gasteiger partial charge in [-0.25, -0.2) is 0 Å². The monoisotopic (exact) mass is 467 g/mol. The minimum atomic E-state index is -0.373. The summed E-state index contributed by atoms with van der Waals surface area (Å²) in [6, 6.07) is 3.15. The number of nitrogens with zero attached hydrogens (tertiary/aromatic N) is 3. The van der Waals surface area contributed by atoms with Crippen LogP contribution >= 0.6 is 55.1 Å². The molecule has 5 nitrogen and oxygen atoms in total. The summed E-state index contributed by atoms with van der Waals surface area (Å²) in [6.45, 7) is 1.86. The van der Waals surface area contributed by atoms with E-state index in [4.69, 9.17) is 23.2 Å². The van der Waals surface area contributed by atoms with Crippen LogP contribution in [-0.4, -0.2) is 23.1 Å². The van der Waals surface area contributed by atoms with Gasteiger partial charge in [0, 0.05) is 10.0 Å². The van der Waals surface area contributed by atoms with Crippen LogP contribution in [0.15, 0.2) is 31.0 Å². The number of hydrogen-bond acceptors (Lipinski definition) is 4. The molecule has 0 aliphatic carbocycles. The molecular formula is C13H9Br2Cl2N3O2. The molecule has 116 valence electrons. The van der Waals surface area contributed by atoms with E-state index in [2.05, 4.69) is 47.0 Å². The summed E-state index contributed by atoms with van der Waals surface area (Å²) >= 11 is 18.9. The number of halogens is 4. The predicted octanol–water partition coefficient (Wildman–Crippen LogP) is 4.35. The van der Waals surface area contributed by atoms with Crippen LogP contribution in [0.3, 0.4) is 0 Å². The quantitative estimate of drug-likeness (QED) is 0.496. The Labute approximate surface area is 153 Å². The molecule has 1 aromatic heterocycles. The minimum Gasteiger partial charge on any atom is -0.399 e. The molecule has 2 aromatic rings. The fourth-order valence-electron chi connectivity index (χ4n) is 1.75. The molecule has 0 N–H and O–H groups in total. The molecule has 9 heteroatoms. The van der Waals surface area contributed by atoms with Gasteiger partial charge < -0.3 is 4.84 Å². The maximum Gasteiger partial charge on any atom is 0.285 e. The number of benzene rings is 1. The highest BCUT2D eigenvalue weighted by Crippen LogP contribution is 2.32. The van der Waals surface area contributed by atoms with Crippen molar-refractivity contribution in [3.63, 3.8) is 0 Å². The summed E-state index contributed by atoms with van der Waals surface area (Å²) in [5.74, 6) is 0. The third-order valence-corrected chi connectivity index (χ3v) is 4.95. The Morgan fingerprint density at radius 2 is 2.05 bits per heavy atom. The lowest BCUT2D eigenvalue weighted by molar-refractivity contribution is 0.215. The maximum atomic E-state index is 12.3. The van der Waals surface area contributed by atoms with E-state index < -0.39 is 0 Å². The molecule has 0 aliphatic heterocycles. The number of hydrogen-bond donors (Lipinski definition) is 0. The van der Waals surface area contributed by atoms with Gasteiger partial charge in [0.05, 0.1) is 21.4 Å². The first kappa shape index (κ1) is 17.5. The van der Waals surface area contributed by atoms with E-state index in [9.17, 15) is 4.79 Å². The Hall–Kier alpha value is -0.890. The van der Waals surface area contributed by atoms with Crippen LogP contribution in [0.2, 0.25) is 10.2 Å². The second-order valence-electron chi connectivity index (χ2n) is 4.20. The average molecular weight is 470 g/mol. The predicted molar refractivity (Wildman–Crippen MR) is 94.6 cm³/mol.